The van der Waals surface area contributed by atoms with Gasteiger partial charge in [0.2, 0.25) is 0 Å². The lowest BCUT2D eigenvalue weighted by Crippen LogP contribution is -1.95. The number of hydrogen-bond donors (Lipinski definition) is 0. The van der Waals surface area contributed by atoms with Gasteiger partial charge in [-0.05, 0) is 49.9 Å². The predicted molar refractivity (Wildman–Crippen MR) is 79.3 cm³/mol. The van der Waals surface area contributed by atoms with E-state index in [1.807, 2.05) is 6.07 Å². The summed E-state index contributed by atoms with van der Waals surface area (Å²) in [7, 11) is 0. The van der Waals surface area contributed by atoms with Crippen molar-refractivity contribution in [2.75, 3.05) is 0 Å². The fraction of sp³-hybridized carbons (Fsp3) is 0.118. The lowest BCUT2D eigenvalue weighted by atomic mass is 10.0. The smallest absolute Gasteiger partial charge is 0.128 e. The standard InChI is InChI=1S/C17H12FN3/c1-12(20-2)16-9-13(5-8-17(16)18)3-6-15-7-4-14(10-19)11-21-15/h4-5,7-9,11-12H,2H2,1H3. The van der Waals surface area contributed by atoms with Crippen molar-refractivity contribution in [1.29, 1.82) is 5.26 Å². The first kappa shape index (κ1) is 14.4. The summed E-state index contributed by atoms with van der Waals surface area (Å²) >= 11 is 0. The minimum Gasteiger partial charge on any atom is -0.293 e. The second kappa shape index (κ2) is 6.45. The van der Waals surface area contributed by atoms with Crippen LogP contribution < -0.4 is 0 Å². The Kier molecular flexibility index (Phi) is 4.43. The molecule has 0 aliphatic heterocycles. The van der Waals surface area contributed by atoms with E-state index in [4.69, 9.17) is 5.26 Å². The fourth-order valence-electron chi connectivity index (χ4n) is 1.71. The first-order valence-electron chi connectivity index (χ1n) is 6.27. The summed E-state index contributed by atoms with van der Waals surface area (Å²) in [4.78, 5) is 7.87. The van der Waals surface area contributed by atoms with Gasteiger partial charge in [-0.2, -0.15) is 5.26 Å². The average Bonchev–Trinajstić information content (AvgIpc) is 2.53. The molecule has 3 nitrogen and oxygen atoms in total. The van der Waals surface area contributed by atoms with Gasteiger partial charge in [0, 0.05) is 17.3 Å². The minimum absolute atomic E-state index is 0.320. The predicted octanol–water partition coefficient (Wildman–Crippen LogP) is 3.25. The van der Waals surface area contributed by atoms with E-state index in [9.17, 15) is 4.39 Å². The zero-order valence-electron chi connectivity index (χ0n) is 11.5. The Morgan fingerprint density at radius 2 is 2.00 bits per heavy atom. The third-order valence-corrected chi connectivity index (χ3v) is 2.95. The van der Waals surface area contributed by atoms with Gasteiger partial charge in [-0.3, -0.25) is 4.99 Å². The van der Waals surface area contributed by atoms with Crippen LogP contribution in [0.15, 0.2) is 41.5 Å². The zero-order valence-corrected chi connectivity index (χ0v) is 11.5. The van der Waals surface area contributed by atoms with Crippen LogP contribution in [0.3, 0.4) is 0 Å². The van der Waals surface area contributed by atoms with Gasteiger partial charge in [0.1, 0.15) is 17.6 Å². The number of aromatic nitrogens is 1. The molecule has 0 N–H and O–H groups in total. The number of pyridine rings is 1. The molecule has 102 valence electrons. The topological polar surface area (TPSA) is 49.0 Å². The van der Waals surface area contributed by atoms with E-state index in [2.05, 4.69) is 28.5 Å². The second-order valence-corrected chi connectivity index (χ2v) is 4.39. The molecule has 0 radical (unpaired) electrons. The van der Waals surface area contributed by atoms with E-state index in [1.54, 1.807) is 31.2 Å². The number of benzene rings is 1. The quantitative estimate of drug-likeness (QED) is 0.625. The lowest BCUT2D eigenvalue weighted by Gasteiger charge is -2.07. The summed E-state index contributed by atoms with van der Waals surface area (Å²) in [5.74, 6) is 5.48. The highest BCUT2D eigenvalue weighted by Crippen LogP contribution is 2.20. The molecule has 0 spiro atoms. The normalized spacial score (nSPS) is 10.9. The Labute approximate surface area is 122 Å². The van der Waals surface area contributed by atoms with E-state index in [1.165, 1.54) is 12.3 Å². The maximum absolute atomic E-state index is 13.7. The summed E-state index contributed by atoms with van der Waals surface area (Å²) in [6.45, 7) is 5.20. The van der Waals surface area contributed by atoms with Crippen LogP contribution >= 0.6 is 0 Å². The molecule has 0 bridgehead atoms. The number of nitriles is 1. The van der Waals surface area contributed by atoms with Crippen LogP contribution in [0.1, 0.15) is 35.3 Å². The van der Waals surface area contributed by atoms with Crippen LogP contribution in [0.5, 0.6) is 0 Å². The van der Waals surface area contributed by atoms with Crippen molar-refractivity contribution in [3.05, 3.63) is 64.7 Å². The molecule has 0 saturated carbocycles. The number of halogens is 1. The van der Waals surface area contributed by atoms with Crippen LogP contribution in [0.4, 0.5) is 4.39 Å². The highest BCUT2D eigenvalue weighted by molar-refractivity contribution is 5.43. The van der Waals surface area contributed by atoms with E-state index in [0.717, 1.165) is 0 Å². The number of hydrogen-bond acceptors (Lipinski definition) is 3. The largest absolute Gasteiger partial charge is 0.293 e. The molecule has 21 heavy (non-hydrogen) atoms. The van der Waals surface area contributed by atoms with Gasteiger partial charge in [0.15, 0.2) is 0 Å². The van der Waals surface area contributed by atoms with Crippen molar-refractivity contribution in [3.63, 3.8) is 0 Å². The molecule has 4 heteroatoms. The molecule has 0 amide bonds. The lowest BCUT2D eigenvalue weighted by molar-refractivity contribution is 0.595. The van der Waals surface area contributed by atoms with Crippen molar-refractivity contribution in [2.45, 2.75) is 13.0 Å². The van der Waals surface area contributed by atoms with E-state index >= 15 is 0 Å². The zero-order chi connectivity index (χ0) is 15.2. The van der Waals surface area contributed by atoms with E-state index in [0.29, 0.717) is 22.4 Å². The Bertz CT molecular complexity index is 761. The Morgan fingerprint density at radius 1 is 1.24 bits per heavy atom. The molecule has 0 saturated heterocycles. The molecular weight excluding hydrogens is 265 g/mol. The van der Waals surface area contributed by atoms with Crippen molar-refractivity contribution in [1.82, 2.24) is 4.98 Å². The second-order valence-electron chi connectivity index (χ2n) is 4.39. The SMILES string of the molecule is C=NC(C)c1cc(C#Cc2ccc(C#N)cn2)ccc1F. The third kappa shape index (κ3) is 3.52. The number of rotatable bonds is 2. The monoisotopic (exact) mass is 277 g/mol. The highest BCUT2D eigenvalue weighted by Gasteiger charge is 2.08. The minimum atomic E-state index is -0.322. The molecule has 1 atom stereocenters. The molecule has 1 heterocycles. The van der Waals surface area contributed by atoms with Crippen LogP contribution in [-0.4, -0.2) is 11.7 Å². The Balaban J connectivity index is 2.30. The molecule has 0 aliphatic rings. The summed E-state index contributed by atoms with van der Waals surface area (Å²) in [5, 5.41) is 8.69. The molecule has 1 aromatic heterocycles. The van der Waals surface area contributed by atoms with Crippen LogP contribution in [0.25, 0.3) is 0 Å². The molecule has 2 aromatic rings. The summed E-state index contributed by atoms with van der Waals surface area (Å²) in [5.41, 5.74) is 2.17. The fourth-order valence-corrected chi connectivity index (χ4v) is 1.71. The van der Waals surface area contributed by atoms with Crippen LogP contribution in [0, 0.1) is 29.0 Å². The summed E-state index contributed by atoms with van der Waals surface area (Å²) in [6, 6.07) is 9.62. The maximum atomic E-state index is 13.7. The summed E-state index contributed by atoms with van der Waals surface area (Å²) in [6.07, 6.45) is 1.46. The van der Waals surface area contributed by atoms with E-state index < -0.39 is 0 Å². The van der Waals surface area contributed by atoms with E-state index in [-0.39, 0.29) is 11.9 Å². The van der Waals surface area contributed by atoms with Gasteiger partial charge in [-0.15, -0.1) is 0 Å². The van der Waals surface area contributed by atoms with Crippen LogP contribution in [0.2, 0.25) is 0 Å². The molecular formula is C17H12FN3. The molecule has 2 rings (SSSR count). The van der Waals surface area contributed by atoms with Crippen molar-refractivity contribution < 1.29 is 4.39 Å². The number of nitrogens with zero attached hydrogens (tertiary/aromatic N) is 3. The van der Waals surface area contributed by atoms with Crippen molar-refractivity contribution in [2.24, 2.45) is 4.99 Å². The molecule has 0 aliphatic carbocycles. The Hall–Kier alpha value is -2.98. The highest BCUT2D eigenvalue weighted by atomic mass is 19.1. The van der Waals surface area contributed by atoms with Crippen LogP contribution in [-0.2, 0) is 0 Å². The molecule has 1 aromatic carbocycles. The molecule has 1 unspecified atom stereocenters. The van der Waals surface area contributed by atoms with Crippen molar-refractivity contribution >= 4 is 6.72 Å². The van der Waals surface area contributed by atoms with Gasteiger partial charge in [-0.1, -0.05) is 5.92 Å². The van der Waals surface area contributed by atoms with Gasteiger partial charge >= 0.3 is 0 Å². The van der Waals surface area contributed by atoms with Gasteiger partial charge in [-0.25, -0.2) is 9.37 Å². The molecule has 0 fully saturated rings. The Morgan fingerprint density at radius 3 is 2.62 bits per heavy atom. The van der Waals surface area contributed by atoms with Gasteiger partial charge in [0.25, 0.3) is 0 Å². The first-order valence-corrected chi connectivity index (χ1v) is 6.27. The van der Waals surface area contributed by atoms with Crippen molar-refractivity contribution in [3.8, 4) is 17.9 Å². The van der Waals surface area contributed by atoms with Gasteiger partial charge < -0.3 is 0 Å². The first-order chi connectivity index (χ1) is 10.1. The maximum Gasteiger partial charge on any atom is 0.128 e. The third-order valence-electron chi connectivity index (χ3n) is 2.95. The van der Waals surface area contributed by atoms with Gasteiger partial charge in [0.05, 0.1) is 11.6 Å². The average molecular weight is 277 g/mol. The summed E-state index contributed by atoms with van der Waals surface area (Å²) < 4.78 is 13.7. The number of aliphatic imine (C=N–C) groups is 1.